The normalized spacial score (nSPS) is 10.4. The molecule has 1 N–H and O–H groups in total. The van der Waals surface area contributed by atoms with Gasteiger partial charge in [-0.3, -0.25) is 4.79 Å². The average molecular weight is 279 g/mol. The van der Waals surface area contributed by atoms with Gasteiger partial charge in [0.05, 0.1) is 12.2 Å². The number of hydrogen-bond acceptors (Lipinski definition) is 3. The number of carboxylic acids is 1. The first-order valence-corrected chi connectivity index (χ1v) is 5.92. The Balaban J connectivity index is 2.50. The van der Waals surface area contributed by atoms with E-state index in [1.54, 1.807) is 31.2 Å². The van der Waals surface area contributed by atoms with Crippen molar-refractivity contribution >= 4 is 17.6 Å². The molecule has 0 atom stereocenters. The zero-order chi connectivity index (χ0) is 14.0. The fraction of sp³-hybridized carbons (Fsp3) is 0.154. The van der Waals surface area contributed by atoms with Crippen LogP contribution in [0.3, 0.4) is 0 Å². The zero-order valence-corrected chi connectivity index (χ0v) is 10.9. The molecule has 0 spiro atoms. The predicted octanol–water partition coefficient (Wildman–Crippen LogP) is 1.95. The van der Waals surface area contributed by atoms with Crippen molar-refractivity contribution in [2.75, 3.05) is 0 Å². The van der Waals surface area contributed by atoms with Gasteiger partial charge in [-0.15, -0.1) is 0 Å². The van der Waals surface area contributed by atoms with Gasteiger partial charge in [-0.05, 0) is 24.6 Å². The molecule has 0 saturated heterocycles. The van der Waals surface area contributed by atoms with Crippen LogP contribution in [0.5, 0.6) is 0 Å². The summed E-state index contributed by atoms with van der Waals surface area (Å²) in [7, 11) is 0. The van der Waals surface area contributed by atoms with Crippen molar-refractivity contribution in [2.24, 2.45) is 0 Å². The van der Waals surface area contributed by atoms with Crippen molar-refractivity contribution in [2.45, 2.75) is 13.5 Å². The second-order valence-corrected chi connectivity index (χ2v) is 4.47. The summed E-state index contributed by atoms with van der Waals surface area (Å²) < 4.78 is 1.11. The first-order valence-electron chi connectivity index (χ1n) is 5.54. The van der Waals surface area contributed by atoms with E-state index in [1.807, 2.05) is 0 Å². The average Bonchev–Trinajstić information content (AvgIpc) is 2.35. The third-order valence-corrected chi connectivity index (χ3v) is 2.97. The molecule has 19 heavy (non-hydrogen) atoms. The molecule has 0 aliphatic rings. The summed E-state index contributed by atoms with van der Waals surface area (Å²) in [6, 6.07) is 8.30. The van der Waals surface area contributed by atoms with E-state index in [0.717, 1.165) is 4.68 Å². The number of aryl methyl sites for hydroxylation is 1. The minimum Gasteiger partial charge on any atom is -0.477 e. The van der Waals surface area contributed by atoms with Crippen LogP contribution in [0.2, 0.25) is 5.02 Å². The fourth-order valence-corrected chi connectivity index (χ4v) is 1.92. The summed E-state index contributed by atoms with van der Waals surface area (Å²) in [5.74, 6) is -1.26. The number of hydrogen-bond donors (Lipinski definition) is 1. The first kappa shape index (κ1) is 13.3. The topological polar surface area (TPSA) is 72.2 Å². The van der Waals surface area contributed by atoms with Crippen molar-refractivity contribution in [3.8, 4) is 0 Å². The van der Waals surface area contributed by atoms with E-state index in [4.69, 9.17) is 16.7 Å². The van der Waals surface area contributed by atoms with Gasteiger partial charge in [-0.1, -0.05) is 29.8 Å². The largest absolute Gasteiger partial charge is 0.477 e. The van der Waals surface area contributed by atoms with E-state index in [-0.39, 0.29) is 12.1 Å². The quantitative estimate of drug-likeness (QED) is 0.931. The Hall–Kier alpha value is -2.14. The van der Waals surface area contributed by atoms with Crippen LogP contribution in [-0.4, -0.2) is 20.9 Å². The molecule has 2 aromatic rings. The Bertz CT molecular complexity index is 695. The van der Waals surface area contributed by atoms with E-state index >= 15 is 0 Å². The summed E-state index contributed by atoms with van der Waals surface area (Å²) in [6.07, 6.45) is 0. The van der Waals surface area contributed by atoms with Crippen LogP contribution in [0.4, 0.5) is 0 Å². The molecule has 1 aromatic heterocycles. The van der Waals surface area contributed by atoms with Crippen LogP contribution in [0, 0.1) is 6.92 Å². The third kappa shape index (κ3) is 2.82. The number of benzene rings is 1. The van der Waals surface area contributed by atoms with Crippen LogP contribution < -0.4 is 5.56 Å². The first-order chi connectivity index (χ1) is 8.99. The number of aromatic nitrogens is 2. The molecule has 1 aromatic carbocycles. The number of rotatable bonds is 3. The molecule has 2 rings (SSSR count). The minimum atomic E-state index is -1.26. The summed E-state index contributed by atoms with van der Waals surface area (Å²) in [5.41, 5.74) is 0.238. The fourth-order valence-electron chi connectivity index (χ4n) is 1.72. The molecule has 1 heterocycles. The standard InChI is InChI=1S/C13H11ClN2O3/c1-8-6-10(13(18)19)12(17)16(15-8)7-9-4-2-3-5-11(9)14/h2-6H,7H2,1H3,(H,18,19). The number of aromatic carboxylic acids is 1. The van der Waals surface area contributed by atoms with Gasteiger partial charge in [0.2, 0.25) is 0 Å². The van der Waals surface area contributed by atoms with Crippen LogP contribution in [0.25, 0.3) is 0 Å². The molecule has 0 bridgehead atoms. The number of halogens is 1. The Labute approximate surface area is 114 Å². The highest BCUT2D eigenvalue weighted by molar-refractivity contribution is 6.31. The van der Waals surface area contributed by atoms with Gasteiger partial charge in [0, 0.05) is 5.02 Å². The van der Waals surface area contributed by atoms with Crippen molar-refractivity contribution in [1.29, 1.82) is 0 Å². The molecule has 6 heteroatoms. The van der Waals surface area contributed by atoms with Crippen LogP contribution >= 0.6 is 11.6 Å². The Kier molecular flexibility index (Phi) is 3.66. The lowest BCUT2D eigenvalue weighted by Crippen LogP contribution is -2.29. The molecule has 0 aliphatic carbocycles. The summed E-state index contributed by atoms with van der Waals surface area (Å²) in [4.78, 5) is 22.9. The van der Waals surface area contributed by atoms with Crippen LogP contribution in [0.1, 0.15) is 21.6 Å². The van der Waals surface area contributed by atoms with Crippen molar-refractivity contribution in [1.82, 2.24) is 9.78 Å². The lowest BCUT2D eigenvalue weighted by Gasteiger charge is -2.08. The van der Waals surface area contributed by atoms with Crippen molar-refractivity contribution in [3.63, 3.8) is 0 Å². The maximum absolute atomic E-state index is 12.0. The van der Waals surface area contributed by atoms with Gasteiger partial charge in [0.15, 0.2) is 0 Å². The third-order valence-electron chi connectivity index (χ3n) is 2.60. The van der Waals surface area contributed by atoms with Gasteiger partial charge < -0.3 is 5.11 Å². The molecule has 0 fully saturated rings. The summed E-state index contributed by atoms with van der Waals surface area (Å²) in [6.45, 7) is 1.77. The molecular formula is C13H11ClN2O3. The SMILES string of the molecule is Cc1cc(C(=O)O)c(=O)n(Cc2ccccc2Cl)n1. The summed E-state index contributed by atoms with van der Waals surface area (Å²) in [5, 5.41) is 13.5. The van der Waals surface area contributed by atoms with Gasteiger partial charge in [-0.2, -0.15) is 5.10 Å². The maximum Gasteiger partial charge on any atom is 0.341 e. The van der Waals surface area contributed by atoms with Crippen molar-refractivity contribution < 1.29 is 9.90 Å². The monoisotopic (exact) mass is 278 g/mol. The smallest absolute Gasteiger partial charge is 0.341 e. The lowest BCUT2D eigenvalue weighted by molar-refractivity contribution is 0.0693. The number of nitrogens with zero attached hydrogens (tertiary/aromatic N) is 2. The van der Waals surface area contributed by atoms with E-state index in [9.17, 15) is 9.59 Å². The van der Waals surface area contributed by atoms with E-state index in [1.165, 1.54) is 6.07 Å². The van der Waals surface area contributed by atoms with Crippen LogP contribution in [-0.2, 0) is 6.54 Å². The Morgan fingerprint density at radius 2 is 2.11 bits per heavy atom. The molecular weight excluding hydrogens is 268 g/mol. The van der Waals surface area contributed by atoms with Crippen LogP contribution in [0.15, 0.2) is 35.1 Å². The molecule has 0 amide bonds. The zero-order valence-electron chi connectivity index (χ0n) is 10.1. The van der Waals surface area contributed by atoms with Gasteiger partial charge in [0.25, 0.3) is 5.56 Å². The van der Waals surface area contributed by atoms with Gasteiger partial charge in [-0.25, -0.2) is 9.48 Å². The number of carbonyl (C=O) groups is 1. The highest BCUT2D eigenvalue weighted by atomic mass is 35.5. The van der Waals surface area contributed by atoms with E-state index in [2.05, 4.69) is 5.10 Å². The maximum atomic E-state index is 12.0. The van der Waals surface area contributed by atoms with E-state index < -0.39 is 11.5 Å². The minimum absolute atomic E-state index is 0.139. The summed E-state index contributed by atoms with van der Waals surface area (Å²) >= 11 is 6.01. The Morgan fingerprint density at radius 3 is 2.74 bits per heavy atom. The Morgan fingerprint density at radius 1 is 1.42 bits per heavy atom. The molecule has 0 saturated carbocycles. The molecule has 0 radical (unpaired) electrons. The van der Waals surface area contributed by atoms with Gasteiger partial charge in [0.1, 0.15) is 5.56 Å². The molecule has 5 nitrogen and oxygen atoms in total. The highest BCUT2D eigenvalue weighted by Crippen LogP contribution is 2.15. The predicted molar refractivity (Wildman–Crippen MR) is 70.7 cm³/mol. The number of carboxylic acid groups (broad SMARTS) is 1. The lowest BCUT2D eigenvalue weighted by atomic mass is 10.2. The molecule has 98 valence electrons. The molecule has 0 unspecified atom stereocenters. The molecule has 0 aliphatic heterocycles. The highest BCUT2D eigenvalue weighted by Gasteiger charge is 2.13. The van der Waals surface area contributed by atoms with Gasteiger partial charge >= 0.3 is 5.97 Å². The second-order valence-electron chi connectivity index (χ2n) is 4.06. The second kappa shape index (κ2) is 5.24. The van der Waals surface area contributed by atoms with Crippen molar-refractivity contribution in [3.05, 3.63) is 62.5 Å². The van der Waals surface area contributed by atoms with E-state index in [0.29, 0.717) is 16.3 Å².